The number of benzene rings is 1. The Bertz CT molecular complexity index is 748. The molecule has 1 heterocycles. The second-order valence-electron chi connectivity index (χ2n) is 5.72. The Morgan fingerprint density at radius 3 is 2.48 bits per heavy atom. The van der Waals surface area contributed by atoms with Crippen molar-refractivity contribution >= 4 is 29.0 Å². The molecule has 25 heavy (non-hydrogen) atoms. The number of anilines is 2. The zero-order valence-electron chi connectivity index (χ0n) is 13.5. The van der Waals surface area contributed by atoms with Crippen molar-refractivity contribution in [2.45, 2.75) is 20.0 Å². The van der Waals surface area contributed by atoms with Crippen molar-refractivity contribution in [3.63, 3.8) is 0 Å². The van der Waals surface area contributed by atoms with Gasteiger partial charge in [0.15, 0.2) is 5.69 Å². The van der Waals surface area contributed by atoms with Gasteiger partial charge in [0.25, 0.3) is 5.91 Å². The molecule has 0 spiro atoms. The average molecular weight is 373 g/mol. The lowest BCUT2D eigenvalue weighted by Gasteiger charge is -2.14. The van der Waals surface area contributed by atoms with Crippen molar-refractivity contribution in [2.75, 3.05) is 17.2 Å². The van der Waals surface area contributed by atoms with Crippen LogP contribution < -0.4 is 10.6 Å². The first-order valence-corrected chi connectivity index (χ1v) is 7.80. The number of hydrogen-bond donors (Lipinski definition) is 2. The molecule has 0 bridgehead atoms. The number of amides is 1. The maximum Gasteiger partial charge on any atom is 0.418 e. The highest BCUT2D eigenvalue weighted by Crippen LogP contribution is 2.36. The topological polar surface area (TPSA) is 66.9 Å². The SMILES string of the molecule is CC(C)CNc1ccc(C(=O)Nc2ccc(Cl)cc2C(F)(F)F)nn1. The Labute approximate surface area is 147 Å². The van der Waals surface area contributed by atoms with Crippen LogP contribution in [0, 0.1) is 5.92 Å². The molecule has 1 aromatic carbocycles. The first-order chi connectivity index (χ1) is 11.7. The van der Waals surface area contributed by atoms with Gasteiger partial charge in [-0.15, -0.1) is 10.2 Å². The van der Waals surface area contributed by atoms with Crippen LogP contribution in [0.2, 0.25) is 5.02 Å². The van der Waals surface area contributed by atoms with Gasteiger partial charge < -0.3 is 10.6 Å². The zero-order valence-corrected chi connectivity index (χ0v) is 14.2. The highest BCUT2D eigenvalue weighted by Gasteiger charge is 2.34. The molecule has 0 aliphatic rings. The van der Waals surface area contributed by atoms with Gasteiger partial charge in [-0.3, -0.25) is 4.79 Å². The predicted octanol–water partition coefficient (Wildman–Crippen LogP) is 4.47. The van der Waals surface area contributed by atoms with Crippen molar-refractivity contribution in [1.82, 2.24) is 10.2 Å². The Kier molecular flexibility index (Phi) is 5.84. The third kappa shape index (κ3) is 5.32. The smallest absolute Gasteiger partial charge is 0.368 e. The highest BCUT2D eigenvalue weighted by molar-refractivity contribution is 6.30. The number of carbonyl (C=O) groups is 1. The summed E-state index contributed by atoms with van der Waals surface area (Å²) in [5.74, 6) is 0.0823. The number of aromatic nitrogens is 2. The van der Waals surface area contributed by atoms with E-state index in [1.165, 1.54) is 18.2 Å². The van der Waals surface area contributed by atoms with E-state index in [9.17, 15) is 18.0 Å². The maximum absolute atomic E-state index is 13.0. The monoisotopic (exact) mass is 372 g/mol. The maximum atomic E-state index is 13.0. The van der Waals surface area contributed by atoms with E-state index >= 15 is 0 Å². The molecule has 2 N–H and O–H groups in total. The minimum atomic E-state index is -4.65. The number of halogens is 4. The molecule has 2 aromatic rings. The van der Waals surface area contributed by atoms with Gasteiger partial charge in [-0.2, -0.15) is 13.2 Å². The minimum absolute atomic E-state index is 0.0781. The summed E-state index contributed by atoms with van der Waals surface area (Å²) in [4.78, 5) is 12.1. The number of rotatable bonds is 5. The number of nitrogens with one attached hydrogen (secondary N) is 2. The Balaban J connectivity index is 2.15. The summed E-state index contributed by atoms with van der Waals surface area (Å²) >= 11 is 5.60. The third-order valence-corrected chi connectivity index (χ3v) is 3.36. The van der Waals surface area contributed by atoms with E-state index in [2.05, 4.69) is 20.8 Å². The molecular formula is C16H16ClF3N4O. The standard InChI is InChI=1S/C16H16ClF3N4O/c1-9(2)8-21-14-6-5-13(23-24-14)15(25)22-12-4-3-10(17)7-11(12)16(18,19)20/h3-7,9H,8H2,1-2H3,(H,21,24)(H,22,25). The molecule has 0 aliphatic heterocycles. The quantitative estimate of drug-likeness (QED) is 0.812. The molecule has 0 unspecified atom stereocenters. The van der Waals surface area contributed by atoms with Gasteiger partial charge in [0.05, 0.1) is 11.3 Å². The van der Waals surface area contributed by atoms with Crippen molar-refractivity contribution in [2.24, 2.45) is 5.92 Å². The molecule has 2 rings (SSSR count). The largest absolute Gasteiger partial charge is 0.418 e. The summed E-state index contributed by atoms with van der Waals surface area (Å²) in [6.07, 6.45) is -4.65. The summed E-state index contributed by atoms with van der Waals surface area (Å²) < 4.78 is 39.1. The van der Waals surface area contributed by atoms with Crippen LogP contribution in [0.1, 0.15) is 29.9 Å². The van der Waals surface area contributed by atoms with Gasteiger partial charge in [-0.25, -0.2) is 0 Å². The molecule has 5 nitrogen and oxygen atoms in total. The lowest BCUT2D eigenvalue weighted by atomic mass is 10.1. The van der Waals surface area contributed by atoms with Crippen LogP contribution in [0.25, 0.3) is 0 Å². The highest BCUT2D eigenvalue weighted by atomic mass is 35.5. The zero-order chi connectivity index (χ0) is 18.6. The predicted molar refractivity (Wildman–Crippen MR) is 89.8 cm³/mol. The van der Waals surface area contributed by atoms with E-state index in [1.54, 1.807) is 0 Å². The molecule has 1 aromatic heterocycles. The van der Waals surface area contributed by atoms with Gasteiger partial charge in [0, 0.05) is 11.6 Å². The van der Waals surface area contributed by atoms with Crippen molar-refractivity contribution in [1.29, 1.82) is 0 Å². The van der Waals surface area contributed by atoms with Gasteiger partial charge in [-0.1, -0.05) is 25.4 Å². The van der Waals surface area contributed by atoms with E-state index in [0.717, 1.165) is 12.1 Å². The lowest BCUT2D eigenvalue weighted by molar-refractivity contribution is -0.136. The Morgan fingerprint density at radius 1 is 1.20 bits per heavy atom. The van der Waals surface area contributed by atoms with Crippen molar-refractivity contribution in [3.8, 4) is 0 Å². The summed E-state index contributed by atoms with van der Waals surface area (Å²) in [6.45, 7) is 4.72. The van der Waals surface area contributed by atoms with Crippen LogP contribution >= 0.6 is 11.6 Å². The third-order valence-electron chi connectivity index (χ3n) is 3.12. The van der Waals surface area contributed by atoms with E-state index in [1.807, 2.05) is 13.8 Å². The molecule has 9 heteroatoms. The molecule has 1 amide bonds. The summed E-state index contributed by atoms with van der Waals surface area (Å²) in [7, 11) is 0. The van der Waals surface area contributed by atoms with Crippen LogP contribution in [-0.4, -0.2) is 22.6 Å². The Hall–Kier alpha value is -2.35. The van der Waals surface area contributed by atoms with E-state index < -0.39 is 23.3 Å². The second kappa shape index (κ2) is 7.69. The van der Waals surface area contributed by atoms with E-state index in [-0.39, 0.29) is 10.7 Å². The fraction of sp³-hybridized carbons (Fsp3) is 0.312. The molecule has 0 atom stereocenters. The average Bonchev–Trinajstić information content (AvgIpc) is 2.54. The molecule has 134 valence electrons. The number of hydrogen-bond acceptors (Lipinski definition) is 4. The minimum Gasteiger partial charge on any atom is -0.368 e. The summed E-state index contributed by atoms with van der Waals surface area (Å²) in [5, 5.41) is 12.7. The fourth-order valence-corrected chi connectivity index (χ4v) is 2.07. The molecular weight excluding hydrogens is 357 g/mol. The van der Waals surface area contributed by atoms with Crippen LogP contribution in [0.4, 0.5) is 24.7 Å². The first-order valence-electron chi connectivity index (χ1n) is 7.42. The van der Waals surface area contributed by atoms with Crippen molar-refractivity contribution < 1.29 is 18.0 Å². The van der Waals surface area contributed by atoms with E-state index in [0.29, 0.717) is 18.3 Å². The first kappa shape index (κ1) is 19.0. The number of nitrogens with zero attached hydrogens (tertiary/aromatic N) is 2. The molecule has 0 saturated heterocycles. The molecule has 0 saturated carbocycles. The van der Waals surface area contributed by atoms with Gasteiger partial charge >= 0.3 is 6.18 Å². The normalized spacial score (nSPS) is 11.5. The molecule has 0 aliphatic carbocycles. The summed E-state index contributed by atoms with van der Waals surface area (Å²) in [5.41, 5.74) is -1.53. The number of alkyl halides is 3. The number of carbonyl (C=O) groups excluding carboxylic acids is 1. The van der Waals surface area contributed by atoms with Crippen LogP contribution in [0.3, 0.4) is 0 Å². The molecule has 0 radical (unpaired) electrons. The van der Waals surface area contributed by atoms with Gasteiger partial charge in [0.2, 0.25) is 0 Å². The van der Waals surface area contributed by atoms with Gasteiger partial charge in [-0.05, 0) is 36.2 Å². The Morgan fingerprint density at radius 2 is 1.92 bits per heavy atom. The van der Waals surface area contributed by atoms with E-state index in [4.69, 9.17) is 11.6 Å². The van der Waals surface area contributed by atoms with Crippen LogP contribution in [0.5, 0.6) is 0 Å². The summed E-state index contributed by atoms with van der Waals surface area (Å²) in [6, 6.07) is 6.03. The fourth-order valence-electron chi connectivity index (χ4n) is 1.90. The lowest BCUT2D eigenvalue weighted by Crippen LogP contribution is -2.18. The van der Waals surface area contributed by atoms with Gasteiger partial charge in [0.1, 0.15) is 5.82 Å². The second-order valence-corrected chi connectivity index (χ2v) is 6.16. The van der Waals surface area contributed by atoms with Crippen LogP contribution in [0.15, 0.2) is 30.3 Å². The molecule has 0 fully saturated rings. The van der Waals surface area contributed by atoms with Crippen LogP contribution in [-0.2, 0) is 6.18 Å². The van der Waals surface area contributed by atoms with Crippen molar-refractivity contribution in [3.05, 3.63) is 46.6 Å².